The maximum Gasteiger partial charge on any atom is 0.308 e. The number of ether oxygens (including phenoxy) is 1. The normalized spacial score (nSPS) is 20.5. The number of nitrogens with zero attached hydrogens (tertiary/aromatic N) is 1. The number of hydrogen-bond donors (Lipinski definition) is 1. The summed E-state index contributed by atoms with van der Waals surface area (Å²) in [5.74, 6) is 0.140. The minimum atomic E-state index is -0.166. The predicted octanol–water partition coefficient (Wildman–Crippen LogP) is 6.75. The van der Waals surface area contributed by atoms with E-state index in [-0.39, 0.29) is 39.9 Å². The Morgan fingerprint density at radius 1 is 1.03 bits per heavy atom. The van der Waals surface area contributed by atoms with E-state index in [1.807, 2.05) is 6.92 Å². The van der Waals surface area contributed by atoms with Crippen LogP contribution in [0.15, 0.2) is 12.1 Å². The van der Waals surface area contributed by atoms with Crippen molar-refractivity contribution < 1.29 is 14.6 Å². The maximum absolute atomic E-state index is 13.0. The summed E-state index contributed by atoms with van der Waals surface area (Å²) in [5.41, 5.74) is 2.79. The Balaban J connectivity index is 2.13. The van der Waals surface area contributed by atoms with Gasteiger partial charge < -0.3 is 9.84 Å². The number of esters is 1. The molecule has 1 unspecified atom stereocenters. The summed E-state index contributed by atoms with van der Waals surface area (Å²) in [6.07, 6.45) is 3.18. The highest BCUT2D eigenvalue weighted by Gasteiger charge is 2.44. The third-order valence-corrected chi connectivity index (χ3v) is 7.61. The van der Waals surface area contributed by atoms with E-state index in [0.717, 1.165) is 36.8 Å². The Hall–Kier alpha value is -1.55. The zero-order chi connectivity index (χ0) is 25.6. The second-order valence-corrected chi connectivity index (χ2v) is 13.6. The fraction of sp³-hybridized carbons (Fsp3) is 0.759. The van der Waals surface area contributed by atoms with E-state index in [1.54, 1.807) is 0 Å². The fourth-order valence-corrected chi connectivity index (χ4v) is 5.13. The number of rotatable bonds is 5. The molecule has 2 rings (SSSR count). The topological polar surface area (TPSA) is 49.8 Å². The Morgan fingerprint density at radius 3 is 1.85 bits per heavy atom. The van der Waals surface area contributed by atoms with Crippen LogP contribution in [-0.2, 0) is 26.8 Å². The molecule has 33 heavy (non-hydrogen) atoms. The van der Waals surface area contributed by atoms with Crippen molar-refractivity contribution in [3.8, 4) is 5.75 Å². The van der Waals surface area contributed by atoms with Crippen molar-refractivity contribution in [2.24, 2.45) is 5.92 Å². The number of phenols is 1. The third-order valence-electron chi connectivity index (χ3n) is 7.61. The van der Waals surface area contributed by atoms with Crippen LogP contribution in [0.25, 0.3) is 0 Å². The van der Waals surface area contributed by atoms with E-state index in [0.29, 0.717) is 5.75 Å². The van der Waals surface area contributed by atoms with Gasteiger partial charge in [-0.25, -0.2) is 0 Å². The van der Waals surface area contributed by atoms with Gasteiger partial charge in [0.2, 0.25) is 0 Å². The SMILES string of the molecule is CC(CCc1cc(C(C)(C)C)c(O)c(C(C)(C)C)c1)C(=O)OC1CC(C)(C)N(C)C(C)(C)C1. The van der Waals surface area contributed by atoms with Gasteiger partial charge in [0.05, 0.1) is 5.92 Å². The molecule has 0 bridgehead atoms. The molecule has 1 saturated heterocycles. The number of carbonyl (C=O) groups is 1. The zero-order valence-electron chi connectivity index (χ0n) is 23.3. The van der Waals surface area contributed by atoms with E-state index in [4.69, 9.17) is 4.74 Å². The highest BCUT2D eigenvalue weighted by atomic mass is 16.5. The van der Waals surface area contributed by atoms with Crippen LogP contribution >= 0.6 is 0 Å². The van der Waals surface area contributed by atoms with Gasteiger partial charge in [0.15, 0.2) is 0 Å². The van der Waals surface area contributed by atoms with E-state index in [2.05, 4.69) is 93.3 Å². The molecule has 0 saturated carbocycles. The lowest BCUT2D eigenvalue weighted by atomic mass is 9.78. The molecule has 1 aromatic carbocycles. The first-order valence-corrected chi connectivity index (χ1v) is 12.6. The molecule has 0 spiro atoms. The first-order valence-electron chi connectivity index (χ1n) is 12.6. The lowest BCUT2D eigenvalue weighted by molar-refractivity contribution is -0.163. The van der Waals surface area contributed by atoms with Crippen LogP contribution < -0.4 is 0 Å². The number of hydrogen-bond acceptors (Lipinski definition) is 4. The summed E-state index contributed by atoms with van der Waals surface area (Å²) in [7, 11) is 2.16. The number of aromatic hydroxyl groups is 1. The van der Waals surface area contributed by atoms with Gasteiger partial charge in [0.25, 0.3) is 0 Å². The lowest BCUT2D eigenvalue weighted by Crippen LogP contribution is -2.60. The molecule has 4 nitrogen and oxygen atoms in total. The molecule has 0 radical (unpaired) electrons. The van der Waals surface area contributed by atoms with Crippen molar-refractivity contribution in [1.82, 2.24) is 4.90 Å². The molecule has 0 amide bonds. The summed E-state index contributed by atoms with van der Waals surface area (Å²) in [6.45, 7) is 23.6. The van der Waals surface area contributed by atoms with Gasteiger partial charge in [-0.1, -0.05) is 60.6 Å². The van der Waals surface area contributed by atoms with Gasteiger partial charge in [-0.15, -0.1) is 0 Å². The first kappa shape index (κ1) is 27.7. The number of piperidine rings is 1. The van der Waals surface area contributed by atoms with Gasteiger partial charge in [-0.05, 0) is 75.1 Å². The first-order chi connectivity index (χ1) is 14.8. The third kappa shape index (κ3) is 6.53. The van der Waals surface area contributed by atoms with Gasteiger partial charge in [0.1, 0.15) is 11.9 Å². The number of benzene rings is 1. The second kappa shape index (κ2) is 9.24. The Labute approximate surface area is 203 Å². The molecule has 1 heterocycles. The van der Waals surface area contributed by atoms with E-state index < -0.39 is 0 Å². The quantitative estimate of drug-likeness (QED) is 0.495. The Bertz CT molecular complexity index is 802. The van der Waals surface area contributed by atoms with Gasteiger partial charge in [0, 0.05) is 23.9 Å². The molecular weight excluding hydrogens is 410 g/mol. The summed E-state index contributed by atoms with van der Waals surface area (Å²) in [5, 5.41) is 11.0. The summed E-state index contributed by atoms with van der Waals surface area (Å²) < 4.78 is 6.03. The van der Waals surface area contributed by atoms with Crippen molar-refractivity contribution in [2.45, 2.75) is 130 Å². The number of phenolic OH excluding ortho intramolecular Hbond substituents is 1. The Kier molecular flexibility index (Phi) is 7.76. The molecule has 1 aliphatic rings. The molecule has 4 heteroatoms. The van der Waals surface area contributed by atoms with Gasteiger partial charge in [-0.2, -0.15) is 0 Å². The molecule has 1 aliphatic heterocycles. The van der Waals surface area contributed by atoms with Crippen molar-refractivity contribution >= 4 is 5.97 Å². The van der Waals surface area contributed by atoms with Crippen molar-refractivity contribution in [2.75, 3.05) is 7.05 Å². The van der Waals surface area contributed by atoms with E-state index in [9.17, 15) is 9.90 Å². The summed E-state index contributed by atoms with van der Waals surface area (Å²) in [6, 6.07) is 4.23. The van der Waals surface area contributed by atoms with Gasteiger partial charge >= 0.3 is 5.97 Å². The Morgan fingerprint density at radius 2 is 1.45 bits per heavy atom. The van der Waals surface area contributed by atoms with Crippen LogP contribution in [0.3, 0.4) is 0 Å². The number of carbonyl (C=O) groups excluding carboxylic acids is 1. The molecule has 188 valence electrons. The molecular formula is C29H49NO3. The molecule has 0 aromatic heterocycles. The zero-order valence-corrected chi connectivity index (χ0v) is 23.3. The van der Waals surface area contributed by atoms with Crippen LogP contribution in [-0.4, -0.2) is 40.2 Å². The minimum absolute atomic E-state index is 0.00527. The van der Waals surface area contributed by atoms with E-state index in [1.165, 1.54) is 5.56 Å². The van der Waals surface area contributed by atoms with Crippen LogP contribution in [0, 0.1) is 5.92 Å². The summed E-state index contributed by atoms with van der Waals surface area (Å²) >= 11 is 0. The predicted molar refractivity (Wildman–Crippen MR) is 138 cm³/mol. The molecule has 1 atom stereocenters. The van der Waals surface area contributed by atoms with Gasteiger partial charge in [-0.3, -0.25) is 9.69 Å². The molecule has 1 fully saturated rings. The second-order valence-electron chi connectivity index (χ2n) is 13.6. The van der Waals surface area contributed by atoms with Crippen LogP contribution in [0.1, 0.15) is 112 Å². The lowest BCUT2D eigenvalue weighted by Gasteiger charge is -2.53. The highest BCUT2D eigenvalue weighted by molar-refractivity contribution is 5.72. The van der Waals surface area contributed by atoms with Crippen LogP contribution in [0.4, 0.5) is 0 Å². The average Bonchev–Trinajstić information content (AvgIpc) is 2.62. The number of aryl methyl sites for hydroxylation is 1. The van der Waals surface area contributed by atoms with Crippen molar-refractivity contribution in [3.63, 3.8) is 0 Å². The fourth-order valence-electron chi connectivity index (χ4n) is 5.13. The average molecular weight is 460 g/mol. The monoisotopic (exact) mass is 459 g/mol. The smallest absolute Gasteiger partial charge is 0.308 e. The van der Waals surface area contributed by atoms with Crippen LogP contribution in [0.5, 0.6) is 5.75 Å². The number of likely N-dealkylation sites (tertiary alicyclic amines) is 1. The largest absolute Gasteiger partial charge is 0.507 e. The standard InChI is InChI=1S/C29H49NO3/c1-19(25(32)33-21-17-28(8,9)30(12)29(10,11)18-21)13-14-20-15-22(26(2,3)4)24(31)23(16-20)27(5,6)7/h15-16,19,21,31H,13-14,17-18H2,1-12H3. The molecule has 0 aliphatic carbocycles. The maximum atomic E-state index is 13.0. The van der Waals surface area contributed by atoms with Crippen molar-refractivity contribution in [3.05, 3.63) is 28.8 Å². The molecule has 1 N–H and O–H groups in total. The highest BCUT2D eigenvalue weighted by Crippen LogP contribution is 2.41. The van der Waals surface area contributed by atoms with Crippen molar-refractivity contribution in [1.29, 1.82) is 0 Å². The minimum Gasteiger partial charge on any atom is -0.507 e. The molecule has 1 aromatic rings. The van der Waals surface area contributed by atoms with E-state index >= 15 is 0 Å². The van der Waals surface area contributed by atoms with Crippen LogP contribution in [0.2, 0.25) is 0 Å². The summed E-state index contributed by atoms with van der Waals surface area (Å²) in [4.78, 5) is 15.4.